The zero-order valence-electron chi connectivity index (χ0n) is 15.2. The number of nitrogens with zero attached hydrogens (tertiary/aromatic N) is 5. The van der Waals surface area contributed by atoms with Crippen LogP contribution in [-0.4, -0.2) is 56.7 Å². The summed E-state index contributed by atoms with van der Waals surface area (Å²) in [7, 11) is 1.58. The number of hydrogen-bond donors (Lipinski definition) is 1. The first-order valence-corrected chi connectivity index (χ1v) is 8.56. The number of carbonyl (C=O) groups is 2. The molecule has 2 aliphatic heterocycles. The predicted molar refractivity (Wildman–Crippen MR) is 95.4 cm³/mol. The van der Waals surface area contributed by atoms with Crippen LogP contribution in [-0.2, 0) is 11.3 Å². The average Bonchev–Trinajstić information content (AvgIpc) is 3.15. The molecule has 1 fully saturated rings. The van der Waals surface area contributed by atoms with Crippen LogP contribution in [0.15, 0.2) is 35.3 Å². The van der Waals surface area contributed by atoms with E-state index in [-0.39, 0.29) is 12.4 Å². The quantitative estimate of drug-likeness (QED) is 0.862. The summed E-state index contributed by atoms with van der Waals surface area (Å²) in [5, 5.41) is 6.78. The molecule has 27 heavy (non-hydrogen) atoms. The number of aromatic nitrogens is 2. The van der Waals surface area contributed by atoms with Gasteiger partial charge >= 0.3 is 6.03 Å². The van der Waals surface area contributed by atoms with E-state index in [1.54, 1.807) is 34.8 Å². The Labute approximate surface area is 155 Å². The van der Waals surface area contributed by atoms with Gasteiger partial charge in [0.25, 0.3) is 5.91 Å². The molecular formula is C18H19FN6O2. The first-order chi connectivity index (χ1) is 12.9. The lowest BCUT2D eigenvalue weighted by molar-refractivity contribution is -0.127. The molecule has 2 unspecified atom stereocenters. The summed E-state index contributed by atoms with van der Waals surface area (Å²) >= 11 is 0. The third kappa shape index (κ3) is 2.75. The van der Waals surface area contributed by atoms with Crippen LogP contribution in [0.4, 0.5) is 9.18 Å². The van der Waals surface area contributed by atoms with Crippen molar-refractivity contribution >= 4 is 17.9 Å². The summed E-state index contributed by atoms with van der Waals surface area (Å²) in [6.45, 7) is 3.86. The van der Waals surface area contributed by atoms with Crippen LogP contribution in [0.3, 0.4) is 0 Å². The molecule has 0 saturated carbocycles. The van der Waals surface area contributed by atoms with Crippen molar-refractivity contribution in [3.8, 4) is 0 Å². The molecule has 0 aliphatic carbocycles. The number of hydrogen-bond acceptors (Lipinski definition) is 5. The first-order valence-electron chi connectivity index (χ1n) is 8.56. The molecule has 3 amide bonds. The molecule has 8 nitrogen and oxygen atoms in total. The lowest BCUT2D eigenvalue weighted by Gasteiger charge is -2.36. The van der Waals surface area contributed by atoms with Gasteiger partial charge in [-0.1, -0.05) is 18.2 Å². The van der Waals surface area contributed by atoms with Gasteiger partial charge in [-0.05, 0) is 26.0 Å². The molecule has 0 radical (unpaired) electrons. The minimum absolute atomic E-state index is 0.125. The molecular weight excluding hydrogens is 351 g/mol. The van der Waals surface area contributed by atoms with E-state index in [1.165, 1.54) is 11.0 Å². The van der Waals surface area contributed by atoms with Gasteiger partial charge in [-0.25, -0.2) is 18.9 Å². The summed E-state index contributed by atoms with van der Waals surface area (Å²) < 4.78 is 15.9. The van der Waals surface area contributed by atoms with Gasteiger partial charge < -0.3 is 9.80 Å². The first kappa shape index (κ1) is 17.2. The molecule has 1 aromatic carbocycles. The van der Waals surface area contributed by atoms with E-state index in [9.17, 15) is 14.0 Å². The smallest absolute Gasteiger partial charge is 0.321 e. The molecule has 2 atom stereocenters. The van der Waals surface area contributed by atoms with Crippen molar-refractivity contribution in [2.24, 2.45) is 4.99 Å². The molecule has 140 valence electrons. The highest BCUT2D eigenvalue weighted by atomic mass is 19.1. The molecule has 1 N–H and O–H groups in total. The van der Waals surface area contributed by atoms with E-state index in [4.69, 9.17) is 0 Å². The van der Waals surface area contributed by atoms with Crippen LogP contribution >= 0.6 is 0 Å². The van der Waals surface area contributed by atoms with E-state index in [0.29, 0.717) is 11.5 Å². The highest BCUT2D eigenvalue weighted by Crippen LogP contribution is 2.27. The fourth-order valence-electron chi connectivity index (χ4n) is 3.50. The maximum Gasteiger partial charge on any atom is 0.325 e. The lowest BCUT2D eigenvalue weighted by atomic mass is 10.1. The Balaban J connectivity index is 1.80. The second kappa shape index (κ2) is 6.19. The van der Waals surface area contributed by atoms with Gasteiger partial charge in [0.1, 0.15) is 5.82 Å². The Morgan fingerprint density at radius 1 is 1.22 bits per heavy atom. The van der Waals surface area contributed by atoms with E-state index < -0.39 is 24.1 Å². The van der Waals surface area contributed by atoms with Crippen molar-refractivity contribution in [1.29, 1.82) is 0 Å². The van der Waals surface area contributed by atoms with Gasteiger partial charge in [-0.15, -0.1) is 0 Å². The number of amides is 3. The highest BCUT2D eigenvalue weighted by Gasteiger charge is 2.49. The molecule has 3 heterocycles. The number of carbonyl (C=O) groups excluding carboxylic acids is 2. The van der Waals surface area contributed by atoms with Gasteiger partial charge in [0.05, 0.1) is 5.69 Å². The zero-order valence-corrected chi connectivity index (χ0v) is 15.2. The molecule has 1 saturated heterocycles. The largest absolute Gasteiger partial charge is 0.325 e. The Kier molecular flexibility index (Phi) is 3.94. The molecule has 1 aromatic heterocycles. The third-order valence-electron chi connectivity index (χ3n) is 4.84. The maximum atomic E-state index is 14.3. The molecule has 0 spiro atoms. The number of rotatable bonds is 2. The Hall–Kier alpha value is -3.23. The zero-order chi connectivity index (χ0) is 19.3. The third-order valence-corrected chi connectivity index (χ3v) is 4.84. The number of fused-ring (bicyclic) bond motifs is 1. The molecule has 2 aromatic rings. The molecule has 9 heteroatoms. The molecule has 4 rings (SSSR count). The predicted octanol–water partition coefficient (Wildman–Crippen LogP) is 1.24. The number of aryl methyl sites for hydroxylation is 2. The maximum absolute atomic E-state index is 14.3. The van der Waals surface area contributed by atoms with E-state index in [0.717, 1.165) is 11.4 Å². The van der Waals surface area contributed by atoms with Gasteiger partial charge in [-0.2, -0.15) is 5.10 Å². The standard InChI is InChI=1S/C18H19FN6O2/c1-10-8-11(2)25(22-10)17-20-15-14(16(26)21-18(27)23(15)3)24(17)9-12-6-4-5-7-13(12)19/h4-8,14-15H,9H2,1-3H3,(H,21,26,27). The minimum atomic E-state index is -0.758. The summed E-state index contributed by atoms with van der Waals surface area (Å²) in [5.74, 6) is -0.412. The second-order valence-corrected chi connectivity index (χ2v) is 6.75. The molecule has 2 aliphatic rings. The summed E-state index contributed by atoms with van der Waals surface area (Å²) in [4.78, 5) is 32.3. The summed E-state index contributed by atoms with van der Waals surface area (Å²) in [6.07, 6.45) is -0.697. The van der Waals surface area contributed by atoms with E-state index >= 15 is 0 Å². The van der Waals surface area contributed by atoms with Crippen LogP contribution in [0.25, 0.3) is 0 Å². The Bertz CT molecular complexity index is 969. The molecule has 0 bridgehead atoms. The van der Waals surface area contributed by atoms with Gasteiger partial charge in [0, 0.05) is 24.8 Å². The lowest BCUT2D eigenvalue weighted by Crippen LogP contribution is -2.63. The number of likely N-dealkylation sites (N-methyl/N-ethyl adjacent to an activating group) is 1. The fourth-order valence-corrected chi connectivity index (χ4v) is 3.50. The van der Waals surface area contributed by atoms with Crippen molar-refractivity contribution in [3.63, 3.8) is 0 Å². The van der Waals surface area contributed by atoms with Gasteiger partial charge in [-0.3, -0.25) is 10.1 Å². The van der Waals surface area contributed by atoms with Gasteiger partial charge in [0.15, 0.2) is 12.2 Å². The van der Waals surface area contributed by atoms with Crippen LogP contribution in [0.1, 0.15) is 17.0 Å². The van der Waals surface area contributed by atoms with Crippen molar-refractivity contribution in [2.45, 2.75) is 32.6 Å². The SMILES string of the molecule is Cc1cc(C)n(C2=NC3C(C(=O)NC(=O)N3C)N2Cc2ccccc2F)n1. The van der Waals surface area contributed by atoms with Crippen molar-refractivity contribution in [1.82, 2.24) is 24.9 Å². The van der Waals surface area contributed by atoms with Crippen molar-refractivity contribution < 1.29 is 14.0 Å². The monoisotopic (exact) mass is 370 g/mol. The van der Waals surface area contributed by atoms with Crippen molar-refractivity contribution in [3.05, 3.63) is 53.1 Å². The Morgan fingerprint density at radius 2 is 1.96 bits per heavy atom. The number of imide groups is 1. The van der Waals surface area contributed by atoms with Crippen LogP contribution in [0.2, 0.25) is 0 Å². The summed E-state index contributed by atoms with van der Waals surface area (Å²) in [6, 6.07) is 7.01. The van der Waals surface area contributed by atoms with Crippen LogP contribution in [0.5, 0.6) is 0 Å². The normalized spacial score (nSPS) is 22.0. The fraction of sp³-hybridized carbons (Fsp3) is 0.333. The Morgan fingerprint density at radius 3 is 2.63 bits per heavy atom. The van der Waals surface area contributed by atoms with Crippen molar-refractivity contribution in [2.75, 3.05) is 7.05 Å². The van der Waals surface area contributed by atoms with Crippen LogP contribution in [0, 0.1) is 19.7 Å². The van der Waals surface area contributed by atoms with E-state index in [1.807, 2.05) is 19.9 Å². The summed E-state index contributed by atoms with van der Waals surface area (Å²) in [5.41, 5.74) is 2.06. The second-order valence-electron chi connectivity index (χ2n) is 6.75. The number of nitrogens with one attached hydrogen (secondary N) is 1. The van der Waals surface area contributed by atoms with Crippen LogP contribution < -0.4 is 5.32 Å². The van der Waals surface area contributed by atoms with Gasteiger partial charge in [0.2, 0.25) is 5.96 Å². The average molecular weight is 370 g/mol. The number of benzene rings is 1. The minimum Gasteiger partial charge on any atom is -0.321 e. The highest BCUT2D eigenvalue weighted by molar-refractivity contribution is 6.04. The van der Waals surface area contributed by atoms with E-state index in [2.05, 4.69) is 15.4 Å². The number of aliphatic imine (C=N–C) groups is 1. The topological polar surface area (TPSA) is 82.8 Å². The number of halogens is 1. The number of urea groups is 1.